The number of benzene rings is 4. The second-order valence-electron chi connectivity index (χ2n) is 10.5. The third kappa shape index (κ3) is 6.14. The van der Waals surface area contributed by atoms with Crippen LogP contribution in [-0.2, 0) is 12.6 Å². The first-order valence-electron chi connectivity index (χ1n) is 13.5. The van der Waals surface area contributed by atoms with Gasteiger partial charge in [0.2, 0.25) is 0 Å². The highest BCUT2D eigenvalue weighted by molar-refractivity contribution is 6.10. The van der Waals surface area contributed by atoms with Crippen molar-refractivity contribution in [3.8, 4) is 17.2 Å². The molecule has 1 heterocycles. The first kappa shape index (κ1) is 29.5. The molecule has 0 atom stereocenters. The Morgan fingerprint density at radius 3 is 2.28 bits per heavy atom. The molecule has 0 saturated carbocycles. The predicted molar refractivity (Wildman–Crippen MR) is 160 cm³/mol. The number of methoxy groups -OCH3 is 1. The van der Waals surface area contributed by atoms with Gasteiger partial charge in [-0.05, 0) is 79.8 Å². The van der Waals surface area contributed by atoms with E-state index in [9.17, 15) is 22.8 Å². The molecular formula is C35H28F3NO4. The molecular weight excluding hydrogens is 555 g/mol. The van der Waals surface area contributed by atoms with Crippen molar-refractivity contribution in [1.29, 1.82) is 0 Å². The molecule has 43 heavy (non-hydrogen) atoms. The van der Waals surface area contributed by atoms with E-state index in [2.05, 4.69) is 4.98 Å². The number of aryl methyl sites for hydroxylation is 1. The maximum absolute atomic E-state index is 13.7. The molecule has 8 heteroatoms. The van der Waals surface area contributed by atoms with Gasteiger partial charge in [-0.3, -0.25) is 14.6 Å². The van der Waals surface area contributed by atoms with Crippen molar-refractivity contribution in [3.63, 3.8) is 0 Å². The lowest BCUT2D eigenvalue weighted by molar-refractivity contribution is -0.137. The Hall–Kier alpha value is -4.98. The van der Waals surface area contributed by atoms with Gasteiger partial charge in [-0.25, -0.2) is 0 Å². The molecule has 5 aromatic rings. The van der Waals surface area contributed by atoms with Gasteiger partial charge in [-0.15, -0.1) is 0 Å². The van der Waals surface area contributed by atoms with Crippen LogP contribution in [0.15, 0.2) is 90.6 Å². The molecule has 0 saturated heterocycles. The molecule has 0 amide bonds. The zero-order chi connectivity index (χ0) is 30.9. The highest BCUT2D eigenvalue weighted by Gasteiger charge is 2.35. The maximum atomic E-state index is 13.7. The normalized spacial score (nSPS) is 11.4. The summed E-state index contributed by atoms with van der Waals surface area (Å²) in [5.41, 5.74) is 1.43. The molecule has 0 aliphatic rings. The number of hydrogen-bond acceptors (Lipinski definition) is 5. The molecule has 5 rings (SSSR count). The lowest BCUT2D eigenvalue weighted by Gasteiger charge is -2.15. The van der Waals surface area contributed by atoms with Crippen molar-refractivity contribution in [2.24, 2.45) is 0 Å². The van der Waals surface area contributed by atoms with E-state index in [0.29, 0.717) is 44.7 Å². The van der Waals surface area contributed by atoms with Crippen LogP contribution >= 0.6 is 0 Å². The zero-order valence-electron chi connectivity index (χ0n) is 24.0. The van der Waals surface area contributed by atoms with E-state index >= 15 is 0 Å². The molecule has 0 radical (unpaired) electrons. The second-order valence-corrected chi connectivity index (χ2v) is 10.5. The quantitative estimate of drug-likeness (QED) is 0.135. The third-order valence-corrected chi connectivity index (χ3v) is 7.06. The van der Waals surface area contributed by atoms with E-state index in [1.807, 2.05) is 25.1 Å². The van der Waals surface area contributed by atoms with Crippen LogP contribution in [0.5, 0.6) is 17.2 Å². The highest BCUT2D eigenvalue weighted by atomic mass is 19.4. The fourth-order valence-electron chi connectivity index (χ4n) is 5.07. The zero-order valence-corrected chi connectivity index (χ0v) is 24.0. The Kier molecular flexibility index (Phi) is 8.04. The average molecular weight is 584 g/mol. The summed E-state index contributed by atoms with van der Waals surface area (Å²) in [4.78, 5) is 30.6. The standard InChI is InChI=1S/C35H28F3NO4/c1-20(2)15-30(40)26-17-22(11-12-28(26)35(36,37)38)18-31(41)24-8-5-9-25-23(24)7-6-10-32(25)43-33-13-14-39-29-16-21(3)34(42-4)19-27(29)33/h5-17,19H,18H2,1-4H3. The molecule has 0 aliphatic heterocycles. The van der Waals surface area contributed by atoms with E-state index in [0.717, 1.165) is 34.7 Å². The fraction of sp³-hybridized carbons (Fsp3) is 0.171. The Morgan fingerprint density at radius 2 is 1.56 bits per heavy atom. The van der Waals surface area contributed by atoms with Crippen LogP contribution in [-0.4, -0.2) is 23.7 Å². The number of halogens is 3. The summed E-state index contributed by atoms with van der Waals surface area (Å²) < 4.78 is 52.8. The van der Waals surface area contributed by atoms with Gasteiger partial charge >= 0.3 is 6.18 Å². The Labute approximate surface area is 246 Å². The summed E-state index contributed by atoms with van der Waals surface area (Å²) in [7, 11) is 1.60. The number of hydrogen-bond donors (Lipinski definition) is 0. The van der Waals surface area contributed by atoms with Crippen LogP contribution in [0.2, 0.25) is 0 Å². The summed E-state index contributed by atoms with van der Waals surface area (Å²) >= 11 is 0. The molecule has 0 fully saturated rings. The second kappa shape index (κ2) is 11.7. The number of nitrogens with zero attached hydrogens (tertiary/aromatic N) is 1. The van der Waals surface area contributed by atoms with Gasteiger partial charge in [0, 0.05) is 34.5 Å². The van der Waals surface area contributed by atoms with Crippen molar-refractivity contribution >= 4 is 33.2 Å². The van der Waals surface area contributed by atoms with Crippen LogP contribution in [0.3, 0.4) is 0 Å². The number of aromatic nitrogens is 1. The van der Waals surface area contributed by atoms with Crippen molar-refractivity contribution in [2.75, 3.05) is 7.11 Å². The highest BCUT2D eigenvalue weighted by Crippen LogP contribution is 2.37. The minimum absolute atomic E-state index is 0.189. The molecule has 0 N–H and O–H groups in total. The van der Waals surface area contributed by atoms with Gasteiger partial charge < -0.3 is 9.47 Å². The first-order chi connectivity index (χ1) is 20.5. The molecule has 0 aliphatic carbocycles. The van der Waals surface area contributed by atoms with Crippen LogP contribution in [0, 0.1) is 6.92 Å². The largest absolute Gasteiger partial charge is 0.496 e. The van der Waals surface area contributed by atoms with Crippen molar-refractivity contribution in [2.45, 2.75) is 33.4 Å². The molecule has 5 nitrogen and oxygen atoms in total. The molecule has 0 unspecified atom stereocenters. The SMILES string of the molecule is COc1cc2c(Oc3cccc4c(C(=O)Cc5ccc(C(F)(F)F)c(C(=O)C=C(C)C)c5)cccc34)ccnc2cc1C. The minimum atomic E-state index is -4.71. The first-order valence-corrected chi connectivity index (χ1v) is 13.5. The number of pyridine rings is 1. The number of rotatable bonds is 8. The Morgan fingerprint density at radius 1 is 0.837 bits per heavy atom. The van der Waals surface area contributed by atoms with E-state index in [4.69, 9.17) is 9.47 Å². The van der Waals surface area contributed by atoms with Gasteiger partial charge in [0.05, 0.1) is 18.2 Å². The molecule has 1 aromatic heterocycles. The lowest BCUT2D eigenvalue weighted by atomic mass is 9.93. The van der Waals surface area contributed by atoms with Crippen LogP contribution in [0.1, 0.15) is 51.3 Å². The van der Waals surface area contributed by atoms with Gasteiger partial charge in [0.25, 0.3) is 0 Å². The van der Waals surface area contributed by atoms with Gasteiger partial charge in [0.1, 0.15) is 17.2 Å². The Balaban J connectivity index is 1.50. The van der Waals surface area contributed by atoms with Crippen LogP contribution < -0.4 is 9.47 Å². The van der Waals surface area contributed by atoms with E-state index in [-0.39, 0.29) is 12.2 Å². The van der Waals surface area contributed by atoms with Crippen molar-refractivity contribution in [1.82, 2.24) is 4.98 Å². The summed E-state index contributed by atoms with van der Waals surface area (Å²) in [5, 5.41) is 2.07. The van der Waals surface area contributed by atoms with E-state index < -0.39 is 23.1 Å². The summed E-state index contributed by atoms with van der Waals surface area (Å²) in [6.07, 6.45) is -2.08. The number of Topliss-reactive ketones (excluding diaryl/α,β-unsaturated/α-hetero) is 1. The van der Waals surface area contributed by atoms with E-state index in [1.54, 1.807) is 63.6 Å². The predicted octanol–water partition coefficient (Wildman–Crippen LogP) is 9.09. The number of alkyl halides is 3. The van der Waals surface area contributed by atoms with Crippen LogP contribution in [0.25, 0.3) is 21.7 Å². The topological polar surface area (TPSA) is 65.5 Å². The van der Waals surface area contributed by atoms with Crippen LogP contribution in [0.4, 0.5) is 13.2 Å². The number of carbonyl (C=O) groups is 2. The summed E-state index contributed by atoms with van der Waals surface area (Å²) in [6, 6.07) is 19.4. The average Bonchev–Trinajstić information content (AvgIpc) is 2.96. The number of allylic oxidation sites excluding steroid dienone is 2. The van der Waals surface area contributed by atoms with E-state index in [1.165, 1.54) is 6.07 Å². The monoisotopic (exact) mass is 583 g/mol. The lowest BCUT2D eigenvalue weighted by Crippen LogP contribution is -2.14. The minimum Gasteiger partial charge on any atom is -0.496 e. The number of ether oxygens (including phenoxy) is 2. The van der Waals surface area contributed by atoms with Gasteiger partial charge in [-0.2, -0.15) is 13.2 Å². The fourth-order valence-corrected chi connectivity index (χ4v) is 5.07. The summed E-state index contributed by atoms with van der Waals surface area (Å²) in [6.45, 7) is 5.20. The summed E-state index contributed by atoms with van der Waals surface area (Å²) in [5.74, 6) is 0.710. The third-order valence-electron chi connectivity index (χ3n) is 7.06. The van der Waals surface area contributed by atoms with Crippen molar-refractivity contribution < 1.29 is 32.2 Å². The molecule has 0 bridgehead atoms. The number of carbonyl (C=O) groups excluding carboxylic acids is 2. The Bertz CT molecular complexity index is 1920. The van der Waals surface area contributed by atoms with Crippen molar-refractivity contribution in [3.05, 3.63) is 118 Å². The molecule has 0 spiro atoms. The number of ketones is 2. The van der Waals surface area contributed by atoms with Gasteiger partial charge in [0.15, 0.2) is 11.6 Å². The maximum Gasteiger partial charge on any atom is 0.417 e. The smallest absolute Gasteiger partial charge is 0.417 e. The van der Waals surface area contributed by atoms with Gasteiger partial charge in [-0.1, -0.05) is 42.0 Å². The molecule has 218 valence electrons. The number of fused-ring (bicyclic) bond motifs is 2. The molecule has 4 aromatic carbocycles.